The summed E-state index contributed by atoms with van der Waals surface area (Å²) in [6.45, 7) is 11.1. The number of nitrogens with zero attached hydrogens (tertiary/aromatic N) is 2. The second kappa shape index (κ2) is 10.6. The molecule has 1 atom stereocenters. The van der Waals surface area contributed by atoms with Gasteiger partial charge in [0.15, 0.2) is 0 Å². The van der Waals surface area contributed by atoms with Gasteiger partial charge in [-0.1, -0.05) is 24.8 Å². The van der Waals surface area contributed by atoms with Crippen LogP contribution in [-0.4, -0.2) is 41.7 Å². The number of allylic oxidation sites excluding steroid dienone is 1. The van der Waals surface area contributed by atoms with Crippen molar-refractivity contribution >= 4 is 28.9 Å². The molecule has 2 N–H and O–H groups in total. The van der Waals surface area contributed by atoms with Crippen LogP contribution in [0.15, 0.2) is 44.6 Å². The molecule has 6 heteroatoms. The summed E-state index contributed by atoms with van der Waals surface area (Å²) in [5.74, 6) is 0.873. The molecule has 0 aromatic heterocycles. The molecule has 0 bridgehead atoms. The number of amides is 1. The van der Waals surface area contributed by atoms with Gasteiger partial charge >= 0.3 is 0 Å². The van der Waals surface area contributed by atoms with E-state index in [1.165, 1.54) is 5.57 Å². The topological polar surface area (TPSA) is 65.8 Å². The Kier molecular flexibility index (Phi) is 8.51. The number of rotatable bonds is 8. The van der Waals surface area contributed by atoms with Gasteiger partial charge in [0.2, 0.25) is 0 Å². The highest BCUT2D eigenvalue weighted by molar-refractivity contribution is 8.14. The van der Waals surface area contributed by atoms with Crippen LogP contribution in [0.4, 0.5) is 0 Å². The van der Waals surface area contributed by atoms with Crippen LogP contribution >= 0.6 is 11.8 Å². The first-order chi connectivity index (χ1) is 13.0. The molecule has 148 valence electrons. The van der Waals surface area contributed by atoms with E-state index in [1.54, 1.807) is 11.8 Å². The minimum absolute atomic E-state index is 0.0167. The van der Waals surface area contributed by atoms with Gasteiger partial charge in [-0.05, 0) is 70.4 Å². The average molecular weight is 389 g/mol. The van der Waals surface area contributed by atoms with Crippen LogP contribution in [0.1, 0.15) is 53.9 Å². The second-order valence-corrected chi connectivity index (χ2v) is 8.05. The largest absolute Gasteiger partial charge is 0.352 e. The molecule has 1 amide bonds. The van der Waals surface area contributed by atoms with Crippen molar-refractivity contribution in [3.63, 3.8) is 0 Å². The molecule has 0 spiro atoms. The third kappa shape index (κ3) is 6.18. The van der Waals surface area contributed by atoms with Crippen LogP contribution in [0, 0.1) is 0 Å². The number of hydrogen-bond donors (Lipinski definition) is 2. The summed E-state index contributed by atoms with van der Waals surface area (Å²) in [7, 11) is 0. The molecule has 1 unspecified atom stereocenters. The minimum Gasteiger partial charge on any atom is -0.352 e. The first-order valence-corrected chi connectivity index (χ1v) is 10.8. The maximum absolute atomic E-state index is 12.2. The zero-order valence-corrected chi connectivity index (χ0v) is 17.9. The lowest BCUT2D eigenvalue weighted by atomic mass is 9.99. The fraction of sp³-hybridized carbons (Fsp3) is 0.571. The molecule has 1 heterocycles. The van der Waals surface area contributed by atoms with E-state index in [0.29, 0.717) is 12.6 Å². The zero-order valence-electron chi connectivity index (χ0n) is 17.1. The van der Waals surface area contributed by atoms with Gasteiger partial charge in [-0.25, -0.2) is 4.99 Å². The predicted octanol–water partition coefficient (Wildman–Crippen LogP) is 3.99. The van der Waals surface area contributed by atoms with E-state index in [1.807, 2.05) is 25.3 Å². The highest BCUT2D eigenvalue weighted by atomic mass is 32.2. The summed E-state index contributed by atoms with van der Waals surface area (Å²) < 4.78 is 0. The number of carbonyl (C=O) groups is 1. The minimum atomic E-state index is -0.0377. The monoisotopic (exact) mass is 388 g/mol. The smallest absolute Gasteiger partial charge is 0.250 e. The van der Waals surface area contributed by atoms with Crippen molar-refractivity contribution < 1.29 is 4.79 Å². The average Bonchev–Trinajstić information content (AvgIpc) is 3.15. The summed E-state index contributed by atoms with van der Waals surface area (Å²) in [4.78, 5) is 21.7. The summed E-state index contributed by atoms with van der Waals surface area (Å²) in [5.41, 5.74) is 4.18. The summed E-state index contributed by atoms with van der Waals surface area (Å²) in [6.07, 6.45) is 8.59. The molecule has 0 fully saturated rings. The van der Waals surface area contributed by atoms with Crippen LogP contribution in [0.3, 0.4) is 0 Å². The number of carbonyl (C=O) groups excluding carboxylic acids is 1. The SMILES string of the molecule is C/C=N\C(NC(C)C)/C(C)=C1\CSC(C2=CC(C(=O)NCCC)=CCC2)=N1. The molecule has 2 rings (SSSR count). The third-order valence-electron chi connectivity index (χ3n) is 4.42. The van der Waals surface area contributed by atoms with Gasteiger partial charge in [0, 0.05) is 23.9 Å². The van der Waals surface area contributed by atoms with E-state index >= 15 is 0 Å². The first kappa shape index (κ1) is 21.6. The summed E-state index contributed by atoms with van der Waals surface area (Å²) in [5, 5.41) is 7.48. The van der Waals surface area contributed by atoms with Crippen molar-refractivity contribution in [2.24, 2.45) is 9.98 Å². The van der Waals surface area contributed by atoms with Crippen LogP contribution in [0.2, 0.25) is 0 Å². The molecule has 0 saturated carbocycles. The Hall–Kier alpha value is -1.66. The Morgan fingerprint density at radius 3 is 2.89 bits per heavy atom. The molecule has 1 aliphatic carbocycles. The summed E-state index contributed by atoms with van der Waals surface area (Å²) >= 11 is 1.76. The number of aliphatic imine (C=N–C) groups is 2. The Labute approximate surface area is 167 Å². The fourth-order valence-corrected chi connectivity index (χ4v) is 4.05. The Bertz CT molecular complexity index is 701. The van der Waals surface area contributed by atoms with Gasteiger partial charge in [0.05, 0.1) is 10.7 Å². The van der Waals surface area contributed by atoms with E-state index in [0.717, 1.165) is 46.9 Å². The molecule has 27 heavy (non-hydrogen) atoms. The van der Waals surface area contributed by atoms with E-state index in [2.05, 4.69) is 43.3 Å². The molecule has 0 aromatic rings. The lowest BCUT2D eigenvalue weighted by Crippen LogP contribution is -2.34. The lowest BCUT2D eigenvalue weighted by molar-refractivity contribution is -0.117. The van der Waals surface area contributed by atoms with Gasteiger partial charge < -0.3 is 5.32 Å². The Morgan fingerprint density at radius 1 is 1.44 bits per heavy atom. The van der Waals surface area contributed by atoms with E-state index < -0.39 is 0 Å². The molecular formula is C21H32N4OS. The maximum atomic E-state index is 12.2. The van der Waals surface area contributed by atoms with Crippen molar-refractivity contribution in [1.29, 1.82) is 0 Å². The Balaban J connectivity index is 2.19. The highest BCUT2D eigenvalue weighted by Crippen LogP contribution is 2.32. The van der Waals surface area contributed by atoms with Crippen LogP contribution in [0.25, 0.3) is 0 Å². The zero-order chi connectivity index (χ0) is 19.8. The molecular weight excluding hydrogens is 356 g/mol. The Morgan fingerprint density at radius 2 is 2.22 bits per heavy atom. The molecule has 1 aliphatic heterocycles. The van der Waals surface area contributed by atoms with Crippen molar-refractivity contribution in [2.45, 2.75) is 66.1 Å². The van der Waals surface area contributed by atoms with Crippen molar-refractivity contribution in [3.05, 3.63) is 34.6 Å². The van der Waals surface area contributed by atoms with E-state index in [-0.39, 0.29) is 12.1 Å². The third-order valence-corrected chi connectivity index (χ3v) is 5.46. The van der Waals surface area contributed by atoms with E-state index in [9.17, 15) is 4.79 Å². The normalized spacial score (nSPS) is 20.4. The summed E-state index contributed by atoms with van der Waals surface area (Å²) in [6, 6.07) is 0.349. The van der Waals surface area contributed by atoms with Gasteiger partial charge in [-0.2, -0.15) is 0 Å². The predicted molar refractivity (Wildman–Crippen MR) is 118 cm³/mol. The maximum Gasteiger partial charge on any atom is 0.250 e. The van der Waals surface area contributed by atoms with Crippen molar-refractivity contribution in [3.8, 4) is 0 Å². The molecule has 0 aromatic carbocycles. The molecule has 0 radical (unpaired) electrons. The van der Waals surface area contributed by atoms with Crippen molar-refractivity contribution in [2.75, 3.05) is 12.3 Å². The number of thioether (sulfide) groups is 1. The second-order valence-electron chi connectivity index (χ2n) is 7.09. The molecule has 5 nitrogen and oxygen atoms in total. The van der Waals surface area contributed by atoms with Crippen molar-refractivity contribution in [1.82, 2.24) is 10.6 Å². The molecule has 0 saturated heterocycles. The van der Waals surface area contributed by atoms with E-state index in [4.69, 9.17) is 4.99 Å². The van der Waals surface area contributed by atoms with Crippen LogP contribution in [0.5, 0.6) is 0 Å². The first-order valence-electron chi connectivity index (χ1n) is 9.80. The van der Waals surface area contributed by atoms with Crippen LogP contribution in [-0.2, 0) is 4.79 Å². The van der Waals surface area contributed by atoms with Gasteiger partial charge in [0.25, 0.3) is 5.91 Å². The lowest BCUT2D eigenvalue weighted by Gasteiger charge is -2.19. The van der Waals surface area contributed by atoms with Gasteiger partial charge in [-0.15, -0.1) is 0 Å². The fourth-order valence-electron chi connectivity index (χ4n) is 2.96. The highest BCUT2D eigenvalue weighted by Gasteiger charge is 2.23. The quantitative estimate of drug-likeness (QED) is 0.618. The number of nitrogens with one attached hydrogen (secondary N) is 2. The van der Waals surface area contributed by atoms with Crippen LogP contribution < -0.4 is 10.6 Å². The molecule has 2 aliphatic rings. The van der Waals surface area contributed by atoms with Gasteiger partial charge in [-0.3, -0.25) is 15.1 Å². The number of hydrogen-bond acceptors (Lipinski definition) is 5. The standard InChI is InChI=1S/C21H32N4OS/c1-6-11-23-20(26)16-9-8-10-17(12-16)21-25-18(13-27-21)15(5)19(22-7-2)24-14(3)4/h7,9,12,14,19,24H,6,8,10-11,13H2,1-5H3,(H,23,26)/b18-15+,22-7-. The van der Waals surface area contributed by atoms with Gasteiger partial charge in [0.1, 0.15) is 6.17 Å².